The molecular formula is C14H23N3O2S. The second kappa shape index (κ2) is 7.15. The van der Waals surface area contributed by atoms with Crippen molar-refractivity contribution >= 4 is 10.0 Å². The van der Waals surface area contributed by atoms with Crippen LogP contribution in [0, 0.1) is 0 Å². The van der Waals surface area contributed by atoms with Gasteiger partial charge in [0.05, 0.1) is 5.75 Å². The molecule has 0 aromatic carbocycles. The third-order valence-electron chi connectivity index (χ3n) is 3.77. The Hall–Kier alpha value is -0.980. The summed E-state index contributed by atoms with van der Waals surface area (Å²) in [6.07, 6.45) is 6.99. The maximum atomic E-state index is 12.5. The molecule has 1 unspecified atom stereocenters. The van der Waals surface area contributed by atoms with Gasteiger partial charge in [-0.05, 0) is 44.0 Å². The maximum Gasteiger partial charge on any atom is 0.214 e. The Morgan fingerprint density at radius 1 is 1.35 bits per heavy atom. The highest BCUT2D eigenvalue weighted by Crippen LogP contribution is 2.21. The van der Waals surface area contributed by atoms with E-state index >= 15 is 0 Å². The molecule has 1 N–H and O–H groups in total. The number of aryl methyl sites for hydroxylation is 1. The van der Waals surface area contributed by atoms with E-state index in [4.69, 9.17) is 0 Å². The van der Waals surface area contributed by atoms with Crippen molar-refractivity contribution in [1.82, 2.24) is 14.6 Å². The number of rotatable bonds is 6. The monoisotopic (exact) mass is 297 g/mol. The van der Waals surface area contributed by atoms with Crippen molar-refractivity contribution in [2.24, 2.45) is 0 Å². The van der Waals surface area contributed by atoms with Crippen LogP contribution >= 0.6 is 0 Å². The van der Waals surface area contributed by atoms with E-state index in [0.717, 1.165) is 31.4 Å². The second-order valence-corrected chi connectivity index (χ2v) is 7.28. The zero-order chi connectivity index (χ0) is 14.4. The largest absolute Gasteiger partial charge is 0.318 e. The van der Waals surface area contributed by atoms with Crippen LogP contribution < -0.4 is 5.32 Å². The molecular weight excluding hydrogens is 274 g/mol. The van der Waals surface area contributed by atoms with Crippen molar-refractivity contribution in [2.45, 2.75) is 31.7 Å². The fraction of sp³-hybridized carbons (Fsp3) is 0.643. The summed E-state index contributed by atoms with van der Waals surface area (Å²) in [6, 6.07) is 3.85. The first-order valence-electron chi connectivity index (χ1n) is 7.16. The molecule has 0 radical (unpaired) electrons. The Balaban J connectivity index is 2.01. The Kier molecular flexibility index (Phi) is 5.51. The lowest BCUT2D eigenvalue weighted by Gasteiger charge is -2.34. The molecule has 1 aliphatic rings. The fourth-order valence-electron chi connectivity index (χ4n) is 2.69. The molecule has 1 fully saturated rings. The van der Waals surface area contributed by atoms with Gasteiger partial charge in [-0.1, -0.05) is 6.42 Å². The van der Waals surface area contributed by atoms with Crippen molar-refractivity contribution in [3.05, 3.63) is 30.1 Å². The van der Waals surface area contributed by atoms with Crippen molar-refractivity contribution in [2.75, 3.05) is 25.9 Å². The molecule has 1 aromatic heterocycles. The van der Waals surface area contributed by atoms with E-state index in [1.165, 1.54) is 0 Å². The zero-order valence-corrected chi connectivity index (χ0v) is 12.8. The minimum atomic E-state index is -3.18. The van der Waals surface area contributed by atoms with Gasteiger partial charge in [-0.3, -0.25) is 4.98 Å². The molecule has 1 atom stereocenters. The number of hydrogen-bond donors (Lipinski definition) is 1. The summed E-state index contributed by atoms with van der Waals surface area (Å²) >= 11 is 0. The molecule has 0 aliphatic carbocycles. The molecule has 0 spiro atoms. The Morgan fingerprint density at radius 2 is 2.10 bits per heavy atom. The minimum Gasteiger partial charge on any atom is -0.318 e. The number of hydrogen-bond acceptors (Lipinski definition) is 4. The fourth-order valence-corrected chi connectivity index (χ4v) is 4.46. The molecule has 0 bridgehead atoms. The van der Waals surface area contributed by atoms with Crippen LogP contribution in [0.2, 0.25) is 0 Å². The third-order valence-corrected chi connectivity index (χ3v) is 5.68. The molecule has 20 heavy (non-hydrogen) atoms. The van der Waals surface area contributed by atoms with Crippen LogP contribution in [0.1, 0.15) is 24.8 Å². The standard InChI is InChI=1S/C14H23N3O2S/c1-15-12-14-4-2-3-10-17(14)20(18,19)11-7-13-5-8-16-9-6-13/h5-6,8-9,14-15H,2-4,7,10-12H2,1H3. The van der Waals surface area contributed by atoms with Gasteiger partial charge in [-0.25, -0.2) is 8.42 Å². The number of piperidine rings is 1. The lowest BCUT2D eigenvalue weighted by Crippen LogP contribution is -2.48. The molecule has 5 nitrogen and oxygen atoms in total. The predicted octanol–water partition coefficient (Wildman–Crippen LogP) is 1.03. The number of sulfonamides is 1. The van der Waals surface area contributed by atoms with Crippen LogP contribution in [0.5, 0.6) is 0 Å². The average Bonchev–Trinajstić information content (AvgIpc) is 2.47. The van der Waals surface area contributed by atoms with Gasteiger partial charge in [0.1, 0.15) is 0 Å². The first-order valence-corrected chi connectivity index (χ1v) is 8.77. The van der Waals surface area contributed by atoms with E-state index in [1.54, 1.807) is 16.7 Å². The van der Waals surface area contributed by atoms with Crippen LogP contribution in [0.3, 0.4) is 0 Å². The first kappa shape index (κ1) is 15.4. The third kappa shape index (κ3) is 4.01. The molecule has 112 valence electrons. The SMILES string of the molecule is CNCC1CCCCN1S(=O)(=O)CCc1ccncc1. The maximum absolute atomic E-state index is 12.5. The van der Waals surface area contributed by atoms with Gasteiger partial charge in [-0.2, -0.15) is 4.31 Å². The van der Waals surface area contributed by atoms with Gasteiger partial charge in [0.2, 0.25) is 10.0 Å². The van der Waals surface area contributed by atoms with Crippen LogP contribution in [0.15, 0.2) is 24.5 Å². The molecule has 6 heteroatoms. The topological polar surface area (TPSA) is 62.3 Å². The van der Waals surface area contributed by atoms with Crippen molar-refractivity contribution in [1.29, 1.82) is 0 Å². The lowest BCUT2D eigenvalue weighted by molar-refractivity contribution is 0.249. The number of nitrogens with one attached hydrogen (secondary N) is 1. The van der Waals surface area contributed by atoms with Gasteiger partial charge >= 0.3 is 0 Å². The van der Waals surface area contributed by atoms with E-state index in [2.05, 4.69) is 10.3 Å². The molecule has 0 saturated carbocycles. The van der Waals surface area contributed by atoms with E-state index < -0.39 is 10.0 Å². The Morgan fingerprint density at radius 3 is 2.80 bits per heavy atom. The summed E-state index contributed by atoms with van der Waals surface area (Å²) in [7, 11) is -1.31. The Labute approximate surface area is 121 Å². The van der Waals surface area contributed by atoms with Gasteiger partial charge in [0.15, 0.2) is 0 Å². The van der Waals surface area contributed by atoms with E-state index in [0.29, 0.717) is 13.0 Å². The number of nitrogens with zero attached hydrogens (tertiary/aromatic N) is 2. The highest BCUT2D eigenvalue weighted by molar-refractivity contribution is 7.89. The summed E-state index contributed by atoms with van der Waals surface area (Å²) in [5.41, 5.74) is 1.02. The van der Waals surface area contributed by atoms with E-state index in [1.807, 2.05) is 19.2 Å². The summed E-state index contributed by atoms with van der Waals surface area (Å²) in [4.78, 5) is 3.95. The second-order valence-electron chi connectivity index (χ2n) is 5.24. The number of likely N-dealkylation sites (N-methyl/N-ethyl adjacent to an activating group) is 1. The smallest absolute Gasteiger partial charge is 0.214 e. The lowest BCUT2D eigenvalue weighted by atomic mass is 10.1. The van der Waals surface area contributed by atoms with Crippen LogP contribution in [0.25, 0.3) is 0 Å². The predicted molar refractivity (Wildman–Crippen MR) is 80.0 cm³/mol. The highest BCUT2D eigenvalue weighted by Gasteiger charge is 2.31. The van der Waals surface area contributed by atoms with Gasteiger partial charge < -0.3 is 5.32 Å². The summed E-state index contributed by atoms with van der Waals surface area (Å²) in [5, 5.41) is 3.10. The molecule has 1 aliphatic heterocycles. The summed E-state index contributed by atoms with van der Waals surface area (Å²) in [6.45, 7) is 1.39. The zero-order valence-electron chi connectivity index (χ0n) is 12.0. The van der Waals surface area contributed by atoms with Crippen molar-refractivity contribution < 1.29 is 8.42 Å². The van der Waals surface area contributed by atoms with Crippen LogP contribution in [0.4, 0.5) is 0 Å². The Bertz CT molecular complexity index is 502. The minimum absolute atomic E-state index is 0.108. The quantitative estimate of drug-likeness (QED) is 0.852. The van der Waals surface area contributed by atoms with Crippen LogP contribution in [-0.4, -0.2) is 49.6 Å². The van der Waals surface area contributed by atoms with Crippen LogP contribution in [-0.2, 0) is 16.4 Å². The molecule has 1 saturated heterocycles. The molecule has 0 amide bonds. The van der Waals surface area contributed by atoms with Crippen molar-refractivity contribution in [3.63, 3.8) is 0 Å². The first-order chi connectivity index (χ1) is 9.63. The molecule has 2 rings (SSSR count). The normalized spacial score (nSPS) is 20.9. The van der Waals surface area contributed by atoms with Gasteiger partial charge in [0, 0.05) is 31.5 Å². The van der Waals surface area contributed by atoms with Crippen molar-refractivity contribution in [3.8, 4) is 0 Å². The molecule has 1 aromatic rings. The van der Waals surface area contributed by atoms with E-state index in [-0.39, 0.29) is 11.8 Å². The van der Waals surface area contributed by atoms with E-state index in [9.17, 15) is 8.42 Å². The summed E-state index contributed by atoms with van der Waals surface area (Å²) in [5.74, 6) is 0.178. The van der Waals surface area contributed by atoms with Gasteiger partial charge in [-0.15, -0.1) is 0 Å². The highest BCUT2D eigenvalue weighted by atomic mass is 32.2. The number of pyridine rings is 1. The molecule has 2 heterocycles. The van der Waals surface area contributed by atoms with Gasteiger partial charge in [0.25, 0.3) is 0 Å². The number of aromatic nitrogens is 1. The average molecular weight is 297 g/mol. The summed E-state index contributed by atoms with van der Waals surface area (Å²) < 4.78 is 26.8.